The maximum atomic E-state index is 11.4. The second-order valence-corrected chi connectivity index (χ2v) is 13.2. The third-order valence-electron chi connectivity index (χ3n) is 5.49. The van der Waals surface area contributed by atoms with Gasteiger partial charge in [0.1, 0.15) is 0 Å². The van der Waals surface area contributed by atoms with Gasteiger partial charge in [-0.2, -0.15) is 0 Å². The van der Waals surface area contributed by atoms with E-state index in [0.717, 1.165) is 5.56 Å². The van der Waals surface area contributed by atoms with Crippen molar-refractivity contribution in [3.63, 3.8) is 0 Å². The van der Waals surface area contributed by atoms with Gasteiger partial charge in [0.2, 0.25) is 0 Å². The van der Waals surface area contributed by atoms with Crippen molar-refractivity contribution in [2.45, 2.75) is 76.6 Å². The van der Waals surface area contributed by atoms with Gasteiger partial charge < -0.3 is 25.3 Å². The Balaban J connectivity index is 2.27. The minimum atomic E-state index is -2.09. The third-order valence-corrected chi connectivity index (χ3v) is 9.96. The smallest absolute Gasteiger partial charge is 0.404 e. The zero-order valence-electron chi connectivity index (χ0n) is 16.4. The third kappa shape index (κ3) is 4.55. The van der Waals surface area contributed by atoms with Crippen LogP contribution < -0.4 is 11.1 Å². The van der Waals surface area contributed by atoms with Crippen LogP contribution in [-0.4, -0.2) is 42.8 Å². The van der Waals surface area contributed by atoms with E-state index in [9.17, 15) is 9.90 Å². The molecule has 4 N–H and O–H groups in total. The Kier molecular flexibility index (Phi) is 5.99. The fraction of sp³-hybridized carbons (Fsp3) is 0.667. The van der Waals surface area contributed by atoms with Gasteiger partial charge in [-0.15, -0.1) is 0 Å². The van der Waals surface area contributed by atoms with Gasteiger partial charge in [-0.3, -0.25) is 4.98 Å². The summed E-state index contributed by atoms with van der Waals surface area (Å²) >= 11 is 0. The van der Waals surface area contributed by atoms with Gasteiger partial charge in [0.15, 0.2) is 8.32 Å². The molecular weight excluding hydrogens is 350 g/mol. The van der Waals surface area contributed by atoms with E-state index < -0.39 is 14.4 Å². The Morgan fingerprint density at radius 2 is 2.12 bits per heavy atom. The van der Waals surface area contributed by atoms with Gasteiger partial charge in [-0.1, -0.05) is 20.8 Å². The SMILES string of the molecule is C[C@H]1O[C@@H](c2ccncc2N)C[C@@H](NC(=O)O)[C@@H]1O[Si](C)(C)C(C)(C)C. The van der Waals surface area contributed by atoms with Crippen molar-refractivity contribution in [3.8, 4) is 0 Å². The first-order chi connectivity index (χ1) is 11.9. The number of nitrogens with two attached hydrogens (primary N) is 1. The lowest BCUT2D eigenvalue weighted by Gasteiger charge is -2.46. The summed E-state index contributed by atoms with van der Waals surface area (Å²) in [5, 5.41) is 12.0. The zero-order valence-corrected chi connectivity index (χ0v) is 17.4. The highest BCUT2D eigenvalue weighted by Gasteiger charge is 2.46. The topological polar surface area (TPSA) is 107 Å². The molecule has 1 aliphatic heterocycles. The Morgan fingerprint density at radius 3 is 2.65 bits per heavy atom. The molecule has 8 heteroatoms. The Morgan fingerprint density at radius 1 is 1.46 bits per heavy atom. The van der Waals surface area contributed by atoms with E-state index in [1.165, 1.54) is 0 Å². The highest BCUT2D eigenvalue weighted by atomic mass is 28.4. The summed E-state index contributed by atoms with van der Waals surface area (Å²) in [6, 6.07) is 1.45. The number of nitrogens with one attached hydrogen (secondary N) is 1. The van der Waals surface area contributed by atoms with Crippen LogP contribution in [0.4, 0.5) is 10.5 Å². The number of carbonyl (C=O) groups is 1. The highest BCUT2D eigenvalue weighted by Crippen LogP contribution is 2.41. The molecule has 0 unspecified atom stereocenters. The van der Waals surface area contributed by atoms with Crippen LogP contribution in [0.3, 0.4) is 0 Å². The number of anilines is 1. The van der Waals surface area contributed by atoms with Gasteiger partial charge in [0.05, 0.1) is 36.2 Å². The van der Waals surface area contributed by atoms with E-state index in [4.69, 9.17) is 14.9 Å². The van der Waals surface area contributed by atoms with Crippen molar-refractivity contribution >= 4 is 20.1 Å². The van der Waals surface area contributed by atoms with E-state index in [2.05, 4.69) is 44.2 Å². The number of pyridine rings is 1. The number of hydrogen-bond donors (Lipinski definition) is 3. The largest absolute Gasteiger partial charge is 0.465 e. The average molecular weight is 382 g/mol. The lowest BCUT2D eigenvalue weighted by atomic mass is 9.92. The van der Waals surface area contributed by atoms with Crippen molar-refractivity contribution in [1.82, 2.24) is 10.3 Å². The van der Waals surface area contributed by atoms with Crippen LogP contribution in [0.15, 0.2) is 18.5 Å². The van der Waals surface area contributed by atoms with Crippen LogP contribution in [-0.2, 0) is 9.16 Å². The molecule has 26 heavy (non-hydrogen) atoms. The van der Waals surface area contributed by atoms with E-state index >= 15 is 0 Å². The van der Waals surface area contributed by atoms with Crippen LogP contribution in [0.2, 0.25) is 18.1 Å². The first kappa shape index (κ1) is 20.7. The Bertz CT molecular complexity index is 648. The quantitative estimate of drug-likeness (QED) is 0.689. The van der Waals surface area contributed by atoms with Gasteiger partial charge in [-0.05, 0) is 31.1 Å². The lowest BCUT2D eigenvalue weighted by molar-refractivity contribution is -0.118. The predicted octanol–water partition coefficient (Wildman–Crippen LogP) is 3.54. The molecule has 0 aliphatic carbocycles. The predicted molar refractivity (Wildman–Crippen MR) is 104 cm³/mol. The number of amides is 1. The molecule has 2 heterocycles. The molecule has 1 amide bonds. The van der Waals surface area contributed by atoms with E-state index in [1.807, 2.05) is 13.0 Å². The standard InChI is InChI=1S/C18H31N3O4Si/c1-11-16(25-26(5,6)18(2,3)4)14(21-17(22)23)9-15(24-11)12-7-8-20-10-13(12)19/h7-8,10-11,14-16,21H,9,19H2,1-6H3,(H,22,23)/t11-,14-,15-,16-/m1/s1. The molecule has 7 nitrogen and oxygen atoms in total. The molecule has 146 valence electrons. The summed E-state index contributed by atoms with van der Waals surface area (Å²) in [4.78, 5) is 15.4. The van der Waals surface area contributed by atoms with Gasteiger partial charge in [0.25, 0.3) is 0 Å². The van der Waals surface area contributed by atoms with Crippen LogP contribution in [0.5, 0.6) is 0 Å². The first-order valence-electron chi connectivity index (χ1n) is 8.94. The summed E-state index contributed by atoms with van der Waals surface area (Å²) in [5.41, 5.74) is 7.41. The lowest BCUT2D eigenvalue weighted by Crippen LogP contribution is -2.58. The highest BCUT2D eigenvalue weighted by molar-refractivity contribution is 6.74. The molecule has 0 saturated carbocycles. The van der Waals surface area contributed by atoms with Crippen molar-refractivity contribution in [1.29, 1.82) is 0 Å². The Hall–Kier alpha value is -1.64. The van der Waals surface area contributed by atoms with Crippen molar-refractivity contribution in [2.24, 2.45) is 0 Å². The minimum Gasteiger partial charge on any atom is -0.465 e. The van der Waals surface area contributed by atoms with E-state index in [-0.39, 0.29) is 29.4 Å². The fourth-order valence-electron chi connectivity index (χ4n) is 2.99. The second kappa shape index (κ2) is 7.54. The van der Waals surface area contributed by atoms with Crippen molar-refractivity contribution in [3.05, 3.63) is 24.0 Å². The number of hydrogen-bond acceptors (Lipinski definition) is 5. The summed E-state index contributed by atoms with van der Waals surface area (Å²) in [6.45, 7) is 12.7. The molecule has 1 saturated heterocycles. The molecule has 2 rings (SSSR count). The van der Waals surface area contributed by atoms with E-state index in [1.54, 1.807) is 12.4 Å². The van der Waals surface area contributed by atoms with Crippen LogP contribution >= 0.6 is 0 Å². The summed E-state index contributed by atoms with van der Waals surface area (Å²) in [6.07, 6.45) is 1.74. The molecule has 1 aromatic heterocycles. The first-order valence-corrected chi connectivity index (χ1v) is 11.9. The molecule has 1 fully saturated rings. The van der Waals surface area contributed by atoms with Gasteiger partial charge in [0, 0.05) is 18.2 Å². The fourth-order valence-corrected chi connectivity index (χ4v) is 4.38. The maximum Gasteiger partial charge on any atom is 0.404 e. The number of carboxylic acid groups (broad SMARTS) is 1. The molecule has 4 atom stereocenters. The summed E-state index contributed by atoms with van der Waals surface area (Å²) in [5.74, 6) is 0. The molecular formula is C18H31N3O4Si. The van der Waals surface area contributed by atoms with Crippen LogP contribution in [0.1, 0.15) is 45.8 Å². The molecule has 0 aromatic carbocycles. The van der Waals surface area contributed by atoms with E-state index in [0.29, 0.717) is 12.1 Å². The number of nitrogens with zero attached hydrogens (tertiary/aromatic N) is 1. The average Bonchev–Trinajstić information content (AvgIpc) is 2.49. The summed E-state index contributed by atoms with van der Waals surface area (Å²) < 4.78 is 12.7. The van der Waals surface area contributed by atoms with Gasteiger partial charge >= 0.3 is 6.09 Å². The van der Waals surface area contributed by atoms with Crippen molar-refractivity contribution < 1.29 is 19.1 Å². The molecule has 1 aromatic rings. The second-order valence-electron chi connectivity index (χ2n) is 8.47. The van der Waals surface area contributed by atoms with Crippen molar-refractivity contribution in [2.75, 3.05) is 5.73 Å². The monoisotopic (exact) mass is 381 g/mol. The normalized spacial score (nSPS) is 27.2. The minimum absolute atomic E-state index is 0.0207. The van der Waals surface area contributed by atoms with Crippen LogP contribution in [0.25, 0.3) is 0 Å². The number of nitrogen functional groups attached to an aromatic ring is 1. The number of rotatable bonds is 4. The molecule has 1 aliphatic rings. The molecule has 0 bridgehead atoms. The number of aromatic nitrogens is 1. The maximum absolute atomic E-state index is 11.4. The van der Waals surface area contributed by atoms with Crippen LogP contribution in [0, 0.1) is 0 Å². The Labute approximate surface area is 156 Å². The number of ether oxygens (including phenoxy) is 1. The molecule has 0 spiro atoms. The van der Waals surface area contributed by atoms with Gasteiger partial charge in [-0.25, -0.2) is 4.79 Å². The summed E-state index contributed by atoms with van der Waals surface area (Å²) in [7, 11) is -2.09. The molecule has 0 radical (unpaired) electrons. The zero-order chi connectivity index (χ0) is 19.7.